The highest BCUT2D eigenvalue weighted by Crippen LogP contribution is 2.49. The first kappa shape index (κ1) is 24.1. The number of halogens is 3. The zero-order chi connectivity index (χ0) is 25.0. The van der Waals surface area contributed by atoms with E-state index in [1.807, 2.05) is 0 Å². The van der Waals surface area contributed by atoms with Gasteiger partial charge in [0, 0.05) is 24.7 Å². The van der Waals surface area contributed by atoms with Gasteiger partial charge in [-0.05, 0) is 37.0 Å². The van der Waals surface area contributed by atoms with Gasteiger partial charge in [-0.1, -0.05) is 0 Å². The minimum Gasteiger partial charge on any atom is -0.495 e. The Balaban J connectivity index is 1.46. The topological polar surface area (TPSA) is 118 Å². The summed E-state index contributed by atoms with van der Waals surface area (Å²) >= 11 is 0. The van der Waals surface area contributed by atoms with Crippen LogP contribution in [0, 0.1) is 5.92 Å². The van der Waals surface area contributed by atoms with Crippen LogP contribution in [0.2, 0.25) is 0 Å². The van der Waals surface area contributed by atoms with E-state index in [0.717, 1.165) is 12.8 Å². The van der Waals surface area contributed by atoms with Crippen molar-refractivity contribution in [1.82, 2.24) is 9.62 Å². The van der Waals surface area contributed by atoms with E-state index >= 15 is 0 Å². The molecule has 1 unspecified atom stereocenters. The fraction of sp³-hybridized carbons (Fsp3) is 0.500. The summed E-state index contributed by atoms with van der Waals surface area (Å²) in [6.07, 6.45) is -1.52. The molecule has 4 aliphatic rings. The molecule has 0 bridgehead atoms. The summed E-state index contributed by atoms with van der Waals surface area (Å²) in [7, 11) is -2.33. The minimum absolute atomic E-state index is 0.00281. The lowest BCUT2D eigenvalue weighted by atomic mass is 9.80. The molecule has 1 aromatic rings. The highest BCUT2D eigenvalue weighted by atomic mass is 32.2. The van der Waals surface area contributed by atoms with Crippen LogP contribution in [-0.2, 0) is 14.8 Å². The Labute approximate surface area is 200 Å². The second-order valence-electron chi connectivity index (χ2n) is 8.91. The molecule has 1 atom stereocenters. The number of ether oxygens (including phenoxy) is 2. The van der Waals surface area contributed by atoms with Gasteiger partial charge >= 0.3 is 6.18 Å². The molecule has 0 aromatic heterocycles. The Bertz CT molecular complexity index is 1230. The van der Waals surface area contributed by atoms with Gasteiger partial charge in [0.15, 0.2) is 0 Å². The van der Waals surface area contributed by atoms with Crippen LogP contribution in [0.3, 0.4) is 0 Å². The number of fused-ring (bicyclic) bond motifs is 1. The van der Waals surface area contributed by atoms with Crippen molar-refractivity contribution >= 4 is 21.5 Å². The number of methoxy groups -OCH3 is 1. The van der Waals surface area contributed by atoms with Crippen LogP contribution in [0.4, 0.5) is 18.9 Å². The molecular formula is C22H26F3N5O4S. The van der Waals surface area contributed by atoms with E-state index in [4.69, 9.17) is 15.2 Å². The SMILES string of the molecule is COc1cc(S(=O)(=O)N2CCOCC2)ccc1NC1=CC(N)(C2CC2)C2=C(C(F)(F)F)CN=C2N1. The van der Waals surface area contributed by atoms with Gasteiger partial charge in [0.1, 0.15) is 17.4 Å². The Kier molecular flexibility index (Phi) is 5.86. The minimum atomic E-state index is -4.52. The van der Waals surface area contributed by atoms with Crippen LogP contribution in [-0.4, -0.2) is 70.2 Å². The van der Waals surface area contributed by atoms with Gasteiger partial charge in [-0.3, -0.25) is 4.99 Å². The lowest BCUT2D eigenvalue weighted by molar-refractivity contribution is -0.0927. The maximum Gasteiger partial charge on any atom is 0.414 e. The summed E-state index contributed by atoms with van der Waals surface area (Å²) in [5.74, 6) is 0.580. The summed E-state index contributed by atoms with van der Waals surface area (Å²) in [6.45, 7) is 0.700. The van der Waals surface area contributed by atoms with Gasteiger partial charge in [-0.25, -0.2) is 8.42 Å². The van der Waals surface area contributed by atoms with Crippen LogP contribution in [0.25, 0.3) is 0 Å². The molecular weight excluding hydrogens is 487 g/mol. The lowest BCUT2D eigenvalue weighted by Crippen LogP contribution is -2.53. The second-order valence-corrected chi connectivity index (χ2v) is 10.8. The third-order valence-electron chi connectivity index (χ3n) is 6.65. The Morgan fingerprint density at radius 1 is 1.29 bits per heavy atom. The standard InChI is InChI=1S/C22H26F3N5O4S/c1-33-17-10-14(35(31,32)30-6-8-34-9-7-30)4-5-16(17)28-18-11-21(26,13-2-3-13)19-15(22(23,24)25)12-27-20(19)29-18/h4-5,10-11,13,28H,2-3,6-9,12,26H2,1H3,(H,27,29). The number of nitrogens with two attached hydrogens (primary N) is 1. The first-order chi connectivity index (χ1) is 16.5. The Morgan fingerprint density at radius 2 is 2.00 bits per heavy atom. The molecule has 4 N–H and O–H groups in total. The highest BCUT2D eigenvalue weighted by Gasteiger charge is 2.53. The van der Waals surface area contributed by atoms with Crippen molar-refractivity contribution < 1.29 is 31.1 Å². The molecule has 3 heterocycles. The summed E-state index contributed by atoms with van der Waals surface area (Å²) in [6, 6.07) is 4.41. The quantitative estimate of drug-likeness (QED) is 0.532. The number of rotatable bonds is 6. The highest BCUT2D eigenvalue weighted by molar-refractivity contribution is 7.89. The molecule has 35 heavy (non-hydrogen) atoms. The van der Waals surface area contributed by atoms with Crippen molar-refractivity contribution in [3.8, 4) is 5.75 Å². The van der Waals surface area contributed by atoms with Gasteiger partial charge < -0.3 is 25.8 Å². The van der Waals surface area contributed by atoms with Gasteiger partial charge in [0.2, 0.25) is 10.0 Å². The van der Waals surface area contributed by atoms with Crippen LogP contribution >= 0.6 is 0 Å². The number of nitrogens with zero attached hydrogens (tertiary/aromatic N) is 2. The number of anilines is 1. The van der Waals surface area contributed by atoms with Crippen molar-refractivity contribution in [2.24, 2.45) is 16.6 Å². The number of hydrogen-bond donors (Lipinski definition) is 3. The average Bonchev–Trinajstić information content (AvgIpc) is 3.59. The van der Waals surface area contributed by atoms with Gasteiger partial charge in [0.25, 0.3) is 0 Å². The smallest absolute Gasteiger partial charge is 0.414 e. The lowest BCUT2D eigenvalue weighted by Gasteiger charge is -2.36. The number of amidine groups is 1. The van der Waals surface area contributed by atoms with E-state index in [9.17, 15) is 21.6 Å². The molecule has 1 aliphatic carbocycles. The van der Waals surface area contributed by atoms with E-state index < -0.39 is 33.9 Å². The number of hydrogen-bond acceptors (Lipinski definition) is 8. The zero-order valence-corrected chi connectivity index (χ0v) is 19.8. The van der Waals surface area contributed by atoms with E-state index in [-0.39, 0.29) is 41.1 Å². The van der Waals surface area contributed by atoms with Crippen molar-refractivity contribution in [3.63, 3.8) is 0 Å². The summed E-state index contributed by atoms with van der Waals surface area (Å²) in [5, 5.41) is 6.01. The van der Waals surface area contributed by atoms with Crippen LogP contribution in [0.5, 0.6) is 5.75 Å². The maximum absolute atomic E-state index is 13.6. The van der Waals surface area contributed by atoms with Crippen LogP contribution in [0.15, 0.2) is 51.1 Å². The Morgan fingerprint density at radius 3 is 2.63 bits per heavy atom. The number of sulfonamides is 1. The van der Waals surface area contributed by atoms with Crippen molar-refractivity contribution in [2.75, 3.05) is 45.3 Å². The molecule has 1 saturated heterocycles. The molecule has 0 radical (unpaired) electrons. The number of benzene rings is 1. The van der Waals surface area contributed by atoms with Crippen LogP contribution in [0.1, 0.15) is 12.8 Å². The zero-order valence-electron chi connectivity index (χ0n) is 19.0. The fourth-order valence-electron chi connectivity index (χ4n) is 4.70. The van der Waals surface area contributed by atoms with E-state index in [1.54, 1.807) is 12.1 Å². The molecule has 2 fully saturated rings. The first-order valence-electron chi connectivity index (χ1n) is 11.2. The average molecular weight is 514 g/mol. The van der Waals surface area contributed by atoms with Gasteiger partial charge in [-0.15, -0.1) is 0 Å². The predicted molar refractivity (Wildman–Crippen MR) is 122 cm³/mol. The molecule has 1 aromatic carbocycles. The molecule has 9 nitrogen and oxygen atoms in total. The molecule has 190 valence electrons. The number of alkyl halides is 3. The number of aliphatic imine (C=N–C) groups is 1. The summed E-state index contributed by atoms with van der Waals surface area (Å²) in [5.41, 5.74) is 4.97. The van der Waals surface area contributed by atoms with E-state index in [0.29, 0.717) is 24.7 Å². The number of morpholine rings is 1. The van der Waals surface area contributed by atoms with Crippen molar-refractivity contribution in [1.29, 1.82) is 0 Å². The Hall–Kier alpha value is -2.61. The van der Waals surface area contributed by atoms with Gasteiger partial charge in [-0.2, -0.15) is 17.5 Å². The van der Waals surface area contributed by atoms with Crippen LogP contribution < -0.4 is 21.1 Å². The third kappa shape index (κ3) is 4.30. The van der Waals surface area contributed by atoms with Gasteiger partial charge in [0.05, 0.1) is 48.6 Å². The van der Waals surface area contributed by atoms with E-state index in [1.165, 1.54) is 23.5 Å². The molecule has 0 spiro atoms. The summed E-state index contributed by atoms with van der Waals surface area (Å²) in [4.78, 5) is 4.14. The monoisotopic (exact) mass is 513 g/mol. The second kappa shape index (κ2) is 8.50. The molecule has 0 amide bonds. The molecule has 5 rings (SSSR count). The number of nitrogens with one attached hydrogen (secondary N) is 2. The normalized spacial score (nSPS) is 25.5. The predicted octanol–water partition coefficient (Wildman–Crippen LogP) is 1.95. The van der Waals surface area contributed by atoms with Crippen molar-refractivity contribution in [3.05, 3.63) is 41.2 Å². The maximum atomic E-state index is 13.6. The van der Waals surface area contributed by atoms with Crippen molar-refractivity contribution in [2.45, 2.75) is 29.5 Å². The fourth-order valence-corrected chi connectivity index (χ4v) is 6.12. The first-order valence-corrected chi connectivity index (χ1v) is 12.7. The molecule has 13 heteroatoms. The van der Waals surface area contributed by atoms with E-state index in [2.05, 4.69) is 15.6 Å². The molecule has 1 saturated carbocycles. The third-order valence-corrected chi connectivity index (χ3v) is 8.54. The summed E-state index contributed by atoms with van der Waals surface area (Å²) < 4.78 is 78.9. The molecule has 3 aliphatic heterocycles. The largest absolute Gasteiger partial charge is 0.495 e.